The van der Waals surface area contributed by atoms with Crippen molar-refractivity contribution in [3.8, 4) is 11.4 Å². The lowest BCUT2D eigenvalue weighted by Gasteiger charge is -2.15. The minimum Gasteiger partial charge on any atom is -0.349 e. The fraction of sp³-hybridized carbons (Fsp3) is 0.500. The van der Waals surface area contributed by atoms with Gasteiger partial charge in [0.15, 0.2) is 5.82 Å². The zero-order valence-corrected chi connectivity index (χ0v) is 16.1. The second kappa shape index (κ2) is 7.73. The maximum absolute atomic E-state index is 12.3. The first-order valence-electron chi connectivity index (χ1n) is 9.01. The fourth-order valence-corrected chi connectivity index (χ4v) is 2.92. The summed E-state index contributed by atoms with van der Waals surface area (Å²) in [5.41, 5.74) is 2.35. The van der Waals surface area contributed by atoms with Crippen molar-refractivity contribution in [1.29, 1.82) is 0 Å². The molecule has 1 aromatic carbocycles. The monoisotopic (exact) mass is 371 g/mol. The molecule has 0 bridgehead atoms. The summed E-state index contributed by atoms with van der Waals surface area (Å²) in [6, 6.07) is 5.67. The predicted molar refractivity (Wildman–Crippen MR) is 101 cm³/mol. The molecule has 1 aromatic heterocycles. The second-order valence-electron chi connectivity index (χ2n) is 7.14. The lowest BCUT2D eigenvalue weighted by Crippen LogP contribution is -2.33. The van der Waals surface area contributed by atoms with Crippen molar-refractivity contribution >= 4 is 17.6 Å². The number of amides is 3. The van der Waals surface area contributed by atoms with Gasteiger partial charge in [0, 0.05) is 32.6 Å². The van der Waals surface area contributed by atoms with Gasteiger partial charge in [0.05, 0.1) is 11.7 Å². The number of para-hydroxylation sites is 1. The van der Waals surface area contributed by atoms with Crippen LogP contribution < -0.4 is 10.6 Å². The average Bonchev–Trinajstić information content (AvgIpc) is 3.15. The Morgan fingerprint density at radius 2 is 2.07 bits per heavy atom. The molecule has 1 saturated carbocycles. The SMILES string of the molecule is Cc1cccc(-c2nnnn2[C@@H]2C[C@H]2C)c1NC(=O)NCCC(=O)N(C)C. The van der Waals surface area contributed by atoms with Crippen LogP contribution in [0.25, 0.3) is 11.4 Å². The van der Waals surface area contributed by atoms with Crippen LogP contribution in [0.15, 0.2) is 18.2 Å². The molecule has 3 rings (SSSR count). The van der Waals surface area contributed by atoms with Crippen LogP contribution in [0, 0.1) is 12.8 Å². The highest BCUT2D eigenvalue weighted by Gasteiger charge is 2.37. The number of carbonyl (C=O) groups is 2. The number of urea groups is 1. The van der Waals surface area contributed by atoms with Crippen molar-refractivity contribution in [1.82, 2.24) is 30.4 Å². The molecule has 1 aliphatic carbocycles. The van der Waals surface area contributed by atoms with E-state index in [0.29, 0.717) is 23.5 Å². The number of aryl methyl sites for hydroxylation is 1. The third-order valence-electron chi connectivity index (χ3n) is 4.75. The number of hydrogen-bond donors (Lipinski definition) is 2. The van der Waals surface area contributed by atoms with Gasteiger partial charge in [-0.05, 0) is 41.3 Å². The van der Waals surface area contributed by atoms with Gasteiger partial charge in [-0.1, -0.05) is 19.1 Å². The van der Waals surface area contributed by atoms with E-state index in [0.717, 1.165) is 17.5 Å². The van der Waals surface area contributed by atoms with Crippen LogP contribution in [0.4, 0.5) is 10.5 Å². The summed E-state index contributed by atoms with van der Waals surface area (Å²) in [6.45, 7) is 4.35. The predicted octanol–water partition coefficient (Wildman–Crippen LogP) is 1.83. The van der Waals surface area contributed by atoms with Crippen LogP contribution in [-0.4, -0.2) is 57.7 Å². The number of hydrogen-bond acceptors (Lipinski definition) is 5. The van der Waals surface area contributed by atoms with Gasteiger partial charge in [-0.15, -0.1) is 5.10 Å². The van der Waals surface area contributed by atoms with Crippen molar-refractivity contribution in [3.05, 3.63) is 23.8 Å². The molecule has 0 aliphatic heterocycles. The summed E-state index contributed by atoms with van der Waals surface area (Å²) < 4.78 is 1.83. The molecule has 2 atom stereocenters. The molecule has 1 aliphatic rings. The van der Waals surface area contributed by atoms with E-state index in [4.69, 9.17) is 0 Å². The standard InChI is InChI=1S/C18H25N7O2/c1-11-6-5-7-13(17-21-22-23-25(17)14-10-12(14)2)16(11)20-18(27)19-9-8-15(26)24(3)4/h5-7,12,14H,8-10H2,1-4H3,(H2,19,20,27)/t12-,14-/m1/s1. The van der Waals surface area contributed by atoms with Gasteiger partial charge in [0.25, 0.3) is 0 Å². The third-order valence-corrected chi connectivity index (χ3v) is 4.75. The van der Waals surface area contributed by atoms with E-state index in [1.807, 2.05) is 29.8 Å². The zero-order valence-electron chi connectivity index (χ0n) is 16.1. The summed E-state index contributed by atoms with van der Waals surface area (Å²) in [6.07, 6.45) is 1.30. The third kappa shape index (κ3) is 4.24. The summed E-state index contributed by atoms with van der Waals surface area (Å²) in [7, 11) is 3.37. The Balaban J connectivity index is 1.74. The van der Waals surface area contributed by atoms with E-state index in [9.17, 15) is 9.59 Å². The van der Waals surface area contributed by atoms with E-state index in [1.165, 1.54) is 4.90 Å². The van der Waals surface area contributed by atoms with Crippen molar-refractivity contribution in [2.45, 2.75) is 32.7 Å². The van der Waals surface area contributed by atoms with Gasteiger partial charge in [-0.2, -0.15) is 0 Å². The first-order chi connectivity index (χ1) is 12.9. The molecule has 27 heavy (non-hydrogen) atoms. The molecule has 9 nitrogen and oxygen atoms in total. The van der Waals surface area contributed by atoms with E-state index < -0.39 is 0 Å². The van der Waals surface area contributed by atoms with E-state index in [2.05, 4.69) is 33.1 Å². The van der Waals surface area contributed by atoms with Gasteiger partial charge in [-0.25, -0.2) is 9.48 Å². The summed E-state index contributed by atoms with van der Waals surface area (Å²) >= 11 is 0. The summed E-state index contributed by atoms with van der Waals surface area (Å²) in [5.74, 6) is 1.15. The normalized spacial score (nSPS) is 18.1. The van der Waals surface area contributed by atoms with E-state index >= 15 is 0 Å². The number of aromatic nitrogens is 4. The molecular weight excluding hydrogens is 346 g/mol. The molecule has 9 heteroatoms. The molecular formula is C18H25N7O2. The molecule has 2 N–H and O–H groups in total. The van der Waals surface area contributed by atoms with Gasteiger partial charge < -0.3 is 15.5 Å². The van der Waals surface area contributed by atoms with Gasteiger partial charge >= 0.3 is 6.03 Å². The van der Waals surface area contributed by atoms with Gasteiger partial charge in [-0.3, -0.25) is 4.79 Å². The molecule has 3 amide bonds. The number of nitrogens with zero attached hydrogens (tertiary/aromatic N) is 5. The summed E-state index contributed by atoms with van der Waals surface area (Å²) in [4.78, 5) is 25.4. The number of tetrazole rings is 1. The van der Waals surface area contributed by atoms with Crippen LogP contribution >= 0.6 is 0 Å². The molecule has 0 radical (unpaired) electrons. The Bertz CT molecular complexity index is 846. The van der Waals surface area contributed by atoms with Gasteiger partial charge in [0.1, 0.15) is 0 Å². The highest BCUT2D eigenvalue weighted by molar-refractivity contribution is 5.95. The van der Waals surface area contributed by atoms with Gasteiger partial charge in [0.2, 0.25) is 5.91 Å². The van der Waals surface area contributed by atoms with E-state index in [-0.39, 0.29) is 24.9 Å². The topological polar surface area (TPSA) is 105 Å². The number of benzene rings is 1. The van der Waals surface area contributed by atoms with Crippen LogP contribution in [0.3, 0.4) is 0 Å². The number of carbonyl (C=O) groups excluding carboxylic acids is 2. The largest absolute Gasteiger partial charge is 0.349 e. The molecule has 0 unspecified atom stereocenters. The van der Waals surface area contributed by atoms with Crippen LogP contribution in [0.5, 0.6) is 0 Å². The molecule has 1 heterocycles. The maximum atomic E-state index is 12.3. The number of rotatable bonds is 6. The zero-order chi connectivity index (χ0) is 19.6. The Kier molecular flexibility index (Phi) is 5.38. The first-order valence-corrected chi connectivity index (χ1v) is 9.01. The van der Waals surface area contributed by atoms with Crippen LogP contribution in [-0.2, 0) is 4.79 Å². The molecule has 1 fully saturated rings. The second-order valence-corrected chi connectivity index (χ2v) is 7.14. The Labute approximate surface area is 158 Å². The quantitative estimate of drug-likeness (QED) is 0.806. The van der Waals surface area contributed by atoms with Crippen molar-refractivity contribution < 1.29 is 9.59 Å². The maximum Gasteiger partial charge on any atom is 0.319 e. The molecule has 2 aromatic rings. The lowest BCUT2D eigenvalue weighted by molar-refractivity contribution is -0.128. The van der Waals surface area contributed by atoms with Crippen molar-refractivity contribution in [3.63, 3.8) is 0 Å². The van der Waals surface area contributed by atoms with Crippen LogP contribution in [0.1, 0.15) is 31.4 Å². The van der Waals surface area contributed by atoms with Crippen molar-refractivity contribution in [2.24, 2.45) is 5.92 Å². The summed E-state index contributed by atoms with van der Waals surface area (Å²) in [5, 5.41) is 17.7. The fourth-order valence-electron chi connectivity index (χ4n) is 2.92. The Hall–Kier alpha value is -2.97. The Morgan fingerprint density at radius 3 is 2.74 bits per heavy atom. The number of anilines is 1. The molecule has 0 saturated heterocycles. The lowest BCUT2D eigenvalue weighted by atomic mass is 10.1. The van der Waals surface area contributed by atoms with E-state index in [1.54, 1.807) is 14.1 Å². The number of nitrogens with one attached hydrogen (secondary N) is 2. The Morgan fingerprint density at radius 1 is 1.33 bits per heavy atom. The van der Waals surface area contributed by atoms with Crippen LogP contribution in [0.2, 0.25) is 0 Å². The smallest absolute Gasteiger partial charge is 0.319 e. The molecule has 0 spiro atoms. The minimum absolute atomic E-state index is 0.0374. The molecule has 144 valence electrons. The average molecular weight is 371 g/mol. The van der Waals surface area contributed by atoms with Crippen molar-refractivity contribution in [2.75, 3.05) is 26.0 Å². The highest BCUT2D eigenvalue weighted by Crippen LogP contribution is 2.44. The highest BCUT2D eigenvalue weighted by atomic mass is 16.2. The first kappa shape index (κ1) is 18.8. The minimum atomic E-state index is -0.365.